The fraction of sp³-hybridized carbons (Fsp3) is 0.346. The van der Waals surface area contributed by atoms with Crippen LogP contribution in [0.4, 0.5) is 14.5 Å². The fourth-order valence-electron chi connectivity index (χ4n) is 4.34. The number of nitrogens with zero attached hydrogens (tertiary/aromatic N) is 1. The number of benzene rings is 2. The van der Waals surface area contributed by atoms with Crippen LogP contribution in [0.5, 0.6) is 0 Å². The number of amides is 1. The number of anilines is 1. The van der Waals surface area contributed by atoms with Gasteiger partial charge in [-0.25, -0.2) is 13.6 Å². The summed E-state index contributed by atoms with van der Waals surface area (Å²) in [7, 11) is 0. The van der Waals surface area contributed by atoms with Crippen LogP contribution < -0.4 is 5.32 Å². The molecule has 0 radical (unpaired) electrons. The van der Waals surface area contributed by atoms with Crippen molar-refractivity contribution in [1.29, 1.82) is 0 Å². The summed E-state index contributed by atoms with van der Waals surface area (Å²) in [4.78, 5) is 30.2. The molecule has 0 aliphatic heterocycles. The Morgan fingerprint density at radius 2 is 1.91 bits per heavy atom. The lowest BCUT2D eigenvalue weighted by Crippen LogP contribution is -2.29. The number of carbonyl (C=O) groups excluding carboxylic acids is 2. The maximum Gasteiger partial charge on any atom is 0.339 e. The van der Waals surface area contributed by atoms with Crippen molar-refractivity contribution in [3.63, 3.8) is 0 Å². The Hall–Kier alpha value is -3.35. The Morgan fingerprint density at radius 3 is 2.64 bits per heavy atom. The number of esters is 1. The summed E-state index contributed by atoms with van der Waals surface area (Å²) in [6.45, 7) is 5.97. The van der Waals surface area contributed by atoms with Gasteiger partial charge in [0.2, 0.25) is 0 Å². The van der Waals surface area contributed by atoms with Crippen LogP contribution in [-0.2, 0) is 22.4 Å². The monoisotopic (exact) mass is 452 g/mol. The molecule has 3 aromatic rings. The van der Waals surface area contributed by atoms with Gasteiger partial charge in [-0.05, 0) is 54.4 Å². The standard InChI is InChI=1S/C26H26F2N2O3/c1-26(2,3)15-8-10-21-18(12-15)24(17-6-4-5-7-20(17)29-21)25(32)33-14-23(31)30-22-11-9-16(27)13-19(22)28/h4-7,9,11,13,15H,8,10,12,14H2,1-3H3,(H,30,31). The molecule has 1 aromatic heterocycles. The first-order valence-electron chi connectivity index (χ1n) is 11.0. The van der Waals surface area contributed by atoms with Crippen LogP contribution in [0.25, 0.3) is 10.9 Å². The summed E-state index contributed by atoms with van der Waals surface area (Å²) in [5, 5.41) is 2.98. The minimum absolute atomic E-state index is 0.0730. The number of hydrogen-bond acceptors (Lipinski definition) is 4. The van der Waals surface area contributed by atoms with Crippen LogP contribution in [-0.4, -0.2) is 23.5 Å². The molecule has 0 saturated carbocycles. The average Bonchev–Trinajstić information content (AvgIpc) is 2.76. The first-order chi connectivity index (χ1) is 15.6. The number of halogens is 2. The van der Waals surface area contributed by atoms with Crippen LogP contribution in [0, 0.1) is 23.0 Å². The maximum absolute atomic E-state index is 13.8. The quantitative estimate of drug-likeness (QED) is 0.534. The van der Waals surface area contributed by atoms with Gasteiger partial charge in [0, 0.05) is 17.1 Å². The van der Waals surface area contributed by atoms with Crippen molar-refractivity contribution in [2.45, 2.75) is 40.0 Å². The Kier molecular flexibility index (Phi) is 6.15. The molecule has 0 bridgehead atoms. The average molecular weight is 453 g/mol. The third kappa shape index (κ3) is 4.87. The molecule has 0 saturated heterocycles. The van der Waals surface area contributed by atoms with E-state index >= 15 is 0 Å². The van der Waals surface area contributed by atoms with E-state index in [0.29, 0.717) is 34.9 Å². The lowest BCUT2D eigenvalue weighted by atomic mass is 9.70. The zero-order chi connectivity index (χ0) is 23.8. The van der Waals surface area contributed by atoms with Crippen molar-refractivity contribution < 1.29 is 23.1 Å². The Balaban J connectivity index is 1.59. The largest absolute Gasteiger partial charge is 0.452 e. The number of fused-ring (bicyclic) bond motifs is 2. The molecule has 172 valence electrons. The minimum atomic E-state index is -0.905. The zero-order valence-corrected chi connectivity index (χ0v) is 18.9. The number of aromatic nitrogens is 1. The molecular weight excluding hydrogens is 426 g/mol. The summed E-state index contributed by atoms with van der Waals surface area (Å²) in [5.74, 6) is -2.61. The molecule has 0 fully saturated rings. The van der Waals surface area contributed by atoms with Gasteiger partial charge < -0.3 is 10.1 Å². The maximum atomic E-state index is 13.8. The number of aryl methyl sites for hydroxylation is 1. The first-order valence-corrected chi connectivity index (χ1v) is 11.0. The van der Waals surface area contributed by atoms with E-state index < -0.39 is 30.1 Å². The molecule has 4 rings (SSSR count). The number of rotatable bonds is 4. The number of pyridine rings is 1. The SMILES string of the molecule is CC(C)(C)C1CCc2nc3ccccc3c(C(=O)OCC(=O)Nc3ccc(F)cc3F)c2C1. The topological polar surface area (TPSA) is 68.3 Å². The van der Waals surface area contributed by atoms with Gasteiger partial charge in [-0.2, -0.15) is 0 Å². The molecule has 7 heteroatoms. The Morgan fingerprint density at radius 1 is 1.15 bits per heavy atom. The van der Waals surface area contributed by atoms with E-state index in [1.807, 2.05) is 24.3 Å². The van der Waals surface area contributed by atoms with Crippen molar-refractivity contribution in [3.8, 4) is 0 Å². The van der Waals surface area contributed by atoms with Crippen LogP contribution >= 0.6 is 0 Å². The van der Waals surface area contributed by atoms with Gasteiger partial charge in [0.1, 0.15) is 11.6 Å². The second kappa shape index (κ2) is 8.89. The van der Waals surface area contributed by atoms with E-state index in [1.54, 1.807) is 0 Å². The van der Waals surface area contributed by atoms with Crippen molar-refractivity contribution >= 4 is 28.5 Å². The minimum Gasteiger partial charge on any atom is -0.452 e. The summed E-state index contributed by atoms with van der Waals surface area (Å²) in [6.07, 6.45) is 2.46. The van der Waals surface area contributed by atoms with Gasteiger partial charge in [0.15, 0.2) is 6.61 Å². The lowest BCUT2D eigenvalue weighted by molar-refractivity contribution is -0.119. The predicted octanol–water partition coefficient (Wildman–Crippen LogP) is 5.46. The Labute approximate surface area is 191 Å². The van der Waals surface area contributed by atoms with Crippen LogP contribution in [0.3, 0.4) is 0 Å². The number of ether oxygens (including phenoxy) is 1. The zero-order valence-electron chi connectivity index (χ0n) is 18.9. The van der Waals surface area contributed by atoms with Gasteiger partial charge in [-0.1, -0.05) is 39.0 Å². The third-order valence-electron chi connectivity index (χ3n) is 6.23. The molecular formula is C26H26F2N2O3. The molecule has 1 N–H and O–H groups in total. The molecule has 5 nitrogen and oxygen atoms in total. The number of carbonyl (C=O) groups is 2. The molecule has 1 atom stereocenters. The summed E-state index contributed by atoms with van der Waals surface area (Å²) in [5.41, 5.74) is 2.79. The van der Waals surface area contributed by atoms with Crippen LogP contribution in [0.1, 0.15) is 48.8 Å². The summed E-state index contributed by atoms with van der Waals surface area (Å²) < 4.78 is 32.2. The van der Waals surface area contributed by atoms with Gasteiger partial charge in [0.05, 0.1) is 16.8 Å². The van der Waals surface area contributed by atoms with Crippen molar-refractivity contribution in [1.82, 2.24) is 4.98 Å². The first kappa shape index (κ1) is 22.8. The Bertz CT molecular complexity index is 1230. The highest BCUT2D eigenvalue weighted by Crippen LogP contribution is 2.39. The summed E-state index contributed by atoms with van der Waals surface area (Å²) >= 11 is 0. The van der Waals surface area contributed by atoms with E-state index in [0.717, 1.165) is 36.2 Å². The molecule has 1 aliphatic rings. The lowest BCUT2D eigenvalue weighted by Gasteiger charge is -2.35. The van der Waals surface area contributed by atoms with E-state index in [9.17, 15) is 18.4 Å². The van der Waals surface area contributed by atoms with Gasteiger partial charge in [-0.3, -0.25) is 9.78 Å². The number of hydrogen-bond donors (Lipinski definition) is 1. The summed E-state index contributed by atoms with van der Waals surface area (Å²) in [6, 6.07) is 10.2. The van der Waals surface area contributed by atoms with E-state index in [4.69, 9.17) is 9.72 Å². The van der Waals surface area contributed by atoms with Crippen molar-refractivity contribution in [2.24, 2.45) is 11.3 Å². The molecule has 33 heavy (non-hydrogen) atoms. The van der Waals surface area contributed by atoms with E-state index in [2.05, 4.69) is 26.1 Å². The molecule has 1 amide bonds. The normalized spacial score (nSPS) is 15.7. The smallest absolute Gasteiger partial charge is 0.339 e. The van der Waals surface area contributed by atoms with Crippen molar-refractivity contribution in [2.75, 3.05) is 11.9 Å². The van der Waals surface area contributed by atoms with Gasteiger partial charge in [-0.15, -0.1) is 0 Å². The van der Waals surface area contributed by atoms with Crippen LogP contribution in [0.2, 0.25) is 0 Å². The predicted molar refractivity (Wildman–Crippen MR) is 122 cm³/mol. The highest BCUT2D eigenvalue weighted by Gasteiger charge is 2.33. The highest BCUT2D eigenvalue weighted by atomic mass is 19.1. The van der Waals surface area contributed by atoms with E-state index in [1.165, 1.54) is 0 Å². The van der Waals surface area contributed by atoms with Crippen LogP contribution in [0.15, 0.2) is 42.5 Å². The molecule has 1 aliphatic carbocycles. The second-order valence-corrected chi connectivity index (χ2v) is 9.48. The second-order valence-electron chi connectivity index (χ2n) is 9.48. The van der Waals surface area contributed by atoms with Crippen molar-refractivity contribution in [3.05, 3.63) is 70.9 Å². The number of para-hydroxylation sites is 1. The molecule has 1 heterocycles. The van der Waals surface area contributed by atoms with Gasteiger partial charge >= 0.3 is 5.97 Å². The molecule has 0 spiro atoms. The fourth-order valence-corrected chi connectivity index (χ4v) is 4.34. The van der Waals surface area contributed by atoms with Gasteiger partial charge in [0.25, 0.3) is 5.91 Å². The molecule has 1 unspecified atom stereocenters. The number of nitrogens with one attached hydrogen (secondary N) is 1. The third-order valence-corrected chi connectivity index (χ3v) is 6.23. The highest BCUT2D eigenvalue weighted by molar-refractivity contribution is 6.06. The van der Waals surface area contributed by atoms with E-state index in [-0.39, 0.29) is 11.1 Å². The molecule has 2 aromatic carbocycles.